The van der Waals surface area contributed by atoms with Crippen LogP contribution in [0.3, 0.4) is 0 Å². The molecule has 7 nitrogen and oxygen atoms in total. The Morgan fingerprint density at radius 3 is 2.87 bits per heavy atom. The standard InChI is InChI=1S/C21H25ClN4O3S2/c1-20(2,3)29-19(27)26-15(11-28-21(26,4)5)7-16(17-10-24-12-30-17)31-18-13(8-23)6-14(22)9-25-18/h6,9-10,12,15-16H,7,11H2,1-5H3/t15?,16-/m1/s1. The maximum atomic E-state index is 13.0. The molecule has 1 amide bonds. The van der Waals surface area contributed by atoms with E-state index < -0.39 is 17.4 Å². The van der Waals surface area contributed by atoms with Crippen molar-refractivity contribution in [2.24, 2.45) is 0 Å². The summed E-state index contributed by atoms with van der Waals surface area (Å²) < 4.78 is 11.6. The molecule has 0 N–H and O–H groups in total. The molecular weight excluding hydrogens is 456 g/mol. The Kier molecular flexibility index (Phi) is 7.16. The van der Waals surface area contributed by atoms with Gasteiger partial charge in [-0.2, -0.15) is 5.26 Å². The van der Waals surface area contributed by atoms with E-state index in [0.717, 1.165) is 4.88 Å². The Hall–Kier alpha value is -1.86. The van der Waals surface area contributed by atoms with Crippen LogP contribution >= 0.6 is 34.7 Å². The van der Waals surface area contributed by atoms with Crippen LogP contribution in [0, 0.1) is 11.3 Å². The normalized spacial score (nSPS) is 19.1. The number of ether oxygens (including phenoxy) is 2. The molecule has 3 rings (SSSR count). The van der Waals surface area contributed by atoms with E-state index in [-0.39, 0.29) is 11.3 Å². The van der Waals surface area contributed by atoms with Crippen molar-refractivity contribution in [2.45, 2.75) is 68.7 Å². The Bertz CT molecular complexity index is 970. The first kappa shape index (κ1) is 23.8. The van der Waals surface area contributed by atoms with Gasteiger partial charge in [0.1, 0.15) is 22.4 Å². The van der Waals surface area contributed by atoms with Gasteiger partial charge in [0.05, 0.1) is 28.7 Å². The minimum absolute atomic E-state index is 0.0827. The molecule has 166 valence electrons. The van der Waals surface area contributed by atoms with Crippen LogP contribution in [0.15, 0.2) is 29.0 Å². The number of halogens is 1. The van der Waals surface area contributed by atoms with E-state index >= 15 is 0 Å². The number of rotatable bonds is 5. The molecule has 0 radical (unpaired) electrons. The van der Waals surface area contributed by atoms with Gasteiger partial charge in [0, 0.05) is 22.5 Å². The highest BCUT2D eigenvalue weighted by atomic mass is 35.5. The van der Waals surface area contributed by atoms with Crippen molar-refractivity contribution >= 4 is 40.8 Å². The number of nitriles is 1. The average Bonchev–Trinajstić information content (AvgIpc) is 3.28. The summed E-state index contributed by atoms with van der Waals surface area (Å²) in [5.41, 5.74) is 0.788. The van der Waals surface area contributed by atoms with E-state index in [1.807, 2.05) is 40.8 Å². The zero-order valence-electron chi connectivity index (χ0n) is 18.1. The topological polar surface area (TPSA) is 88.3 Å². The maximum Gasteiger partial charge on any atom is 0.412 e. The van der Waals surface area contributed by atoms with E-state index in [1.165, 1.54) is 29.3 Å². The van der Waals surface area contributed by atoms with Crippen LogP contribution in [0.25, 0.3) is 0 Å². The minimum atomic E-state index is -0.785. The highest BCUT2D eigenvalue weighted by Crippen LogP contribution is 2.43. The van der Waals surface area contributed by atoms with Crippen LogP contribution < -0.4 is 0 Å². The molecule has 1 aliphatic heterocycles. The monoisotopic (exact) mass is 480 g/mol. The Morgan fingerprint density at radius 1 is 1.52 bits per heavy atom. The number of hydrogen-bond acceptors (Lipinski definition) is 8. The predicted octanol–water partition coefficient (Wildman–Crippen LogP) is 5.66. The van der Waals surface area contributed by atoms with Gasteiger partial charge in [-0.15, -0.1) is 11.3 Å². The molecule has 3 heterocycles. The molecular formula is C21H25ClN4O3S2. The maximum absolute atomic E-state index is 13.0. The Morgan fingerprint density at radius 2 is 2.26 bits per heavy atom. The van der Waals surface area contributed by atoms with Crippen molar-refractivity contribution in [1.82, 2.24) is 14.9 Å². The number of thiazole rings is 1. The average molecular weight is 481 g/mol. The lowest BCUT2D eigenvalue weighted by atomic mass is 10.1. The number of thioether (sulfide) groups is 1. The van der Waals surface area contributed by atoms with E-state index in [4.69, 9.17) is 21.1 Å². The predicted molar refractivity (Wildman–Crippen MR) is 121 cm³/mol. The second-order valence-corrected chi connectivity index (χ2v) is 11.2. The molecule has 31 heavy (non-hydrogen) atoms. The summed E-state index contributed by atoms with van der Waals surface area (Å²) in [5, 5.41) is 10.4. The molecule has 10 heteroatoms. The van der Waals surface area contributed by atoms with Gasteiger partial charge in [0.15, 0.2) is 0 Å². The number of amides is 1. The van der Waals surface area contributed by atoms with Crippen molar-refractivity contribution in [2.75, 3.05) is 6.61 Å². The first-order valence-corrected chi connectivity index (χ1v) is 11.9. The Labute approximate surface area is 195 Å². The summed E-state index contributed by atoms with van der Waals surface area (Å²) in [6.07, 6.45) is 3.52. The largest absolute Gasteiger partial charge is 0.444 e. The third-order valence-electron chi connectivity index (χ3n) is 4.61. The Balaban J connectivity index is 1.88. The molecule has 0 bridgehead atoms. The smallest absolute Gasteiger partial charge is 0.412 e. The van der Waals surface area contributed by atoms with Crippen LogP contribution in [0.4, 0.5) is 4.79 Å². The van der Waals surface area contributed by atoms with Gasteiger partial charge in [0.2, 0.25) is 0 Å². The second-order valence-electron chi connectivity index (χ2n) is 8.63. The van der Waals surface area contributed by atoms with Gasteiger partial charge < -0.3 is 9.47 Å². The van der Waals surface area contributed by atoms with Crippen LogP contribution in [-0.4, -0.2) is 44.9 Å². The summed E-state index contributed by atoms with van der Waals surface area (Å²) in [6.45, 7) is 9.64. The van der Waals surface area contributed by atoms with Crippen LogP contribution in [0.1, 0.15) is 56.7 Å². The van der Waals surface area contributed by atoms with Crippen LogP contribution in [-0.2, 0) is 9.47 Å². The summed E-state index contributed by atoms with van der Waals surface area (Å²) in [5.74, 6) is 0. The van der Waals surface area contributed by atoms with Crippen molar-refractivity contribution in [1.29, 1.82) is 5.26 Å². The van der Waals surface area contributed by atoms with E-state index in [2.05, 4.69) is 16.0 Å². The van der Waals surface area contributed by atoms with Crippen molar-refractivity contribution in [3.8, 4) is 6.07 Å². The van der Waals surface area contributed by atoms with E-state index in [9.17, 15) is 10.1 Å². The lowest BCUT2D eigenvalue weighted by Crippen LogP contribution is -2.50. The highest BCUT2D eigenvalue weighted by Gasteiger charge is 2.46. The lowest BCUT2D eigenvalue weighted by molar-refractivity contribution is -0.0626. The molecule has 0 spiro atoms. The molecule has 0 aromatic carbocycles. The van der Waals surface area contributed by atoms with Crippen molar-refractivity contribution < 1.29 is 14.3 Å². The van der Waals surface area contributed by atoms with Gasteiger partial charge in [0.25, 0.3) is 0 Å². The third kappa shape index (κ3) is 5.89. The highest BCUT2D eigenvalue weighted by molar-refractivity contribution is 7.99. The van der Waals surface area contributed by atoms with Gasteiger partial charge in [-0.25, -0.2) is 9.78 Å². The SMILES string of the molecule is CC(C)(C)OC(=O)N1C(C[C@@H](Sc2ncc(Cl)cc2C#N)c2cncs2)COC1(C)C. The third-order valence-corrected chi connectivity index (χ3v) is 7.14. The van der Waals surface area contributed by atoms with E-state index in [0.29, 0.717) is 28.6 Å². The van der Waals surface area contributed by atoms with Gasteiger partial charge in [-0.05, 0) is 47.1 Å². The van der Waals surface area contributed by atoms with Crippen molar-refractivity contribution in [3.63, 3.8) is 0 Å². The molecule has 1 fully saturated rings. The number of carbonyl (C=O) groups excluding carboxylic acids is 1. The zero-order chi connectivity index (χ0) is 22.8. The fraction of sp³-hybridized carbons (Fsp3) is 0.524. The van der Waals surface area contributed by atoms with Crippen LogP contribution in [0.5, 0.6) is 0 Å². The summed E-state index contributed by atoms with van der Waals surface area (Å²) in [7, 11) is 0. The quantitative estimate of drug-likeness (QED) is 0.510. The summed E-state index contributed by atoms with van der Waals surface area (Å²) in [4.78, 5) is 24.3. The molecule has 1 saturated heterocycles. The number of hydrogen-bond donors (Lipinski definition) is 0. The van der Waals surface area contributed by atoms with Gasteiger partial charge in [-0.3, -0.25) is 9.88 Å². The number of aromatic nitrogens is 2. The van der Waals surface area contributed by atoms with Crippen LogP contribution in [0.2, 0.25) is 5.02 Å². The number of pyridine rings is 1. The lowest BCUT2D eigenvalue weighted by Gasteiger charge is -2.35. The number of nitrogens with zero attached hydrogens (tertiary/aromatic N) is 4. The van der Waals surface area contributed by atoms with E-state index in [1.54, 1.807) is 16.5 Å². The fourth-order valence-electron chi connectivity index (χ4n) is 3.33. The first-order valence-electron chi connectivity index (χ1n) is 9.77. The molecule has 2 aromatic heterocycles. The molecule has 1 aliphatic rings. The molecule has 0 aliphatic carbocycles. The van der Waals surface area contributed by atoms with Crippen molar-refractivity contribution in [3.05, 3.63) is 39.4 Å². The molecule has 2 atom stereocenters. The number of carbonyl (C=O) groups is 1. The zero-order valence-corrected chi connectivity index (χ0v) is 20.5. The fourth-order valence-corrected chi connectivity index (χ4v) is 5.52. The summed E-state index contributed by atoms with van der Waals surface area (Å²) in [6, 6.07) is 3.56. The molecule has 2 aromatic rings. The minimum Gasteiger partial charge on any atom is -0.444 e. The molecule has 1 unspecified atom stereocenters. The van der Waals surface area contributed by atoms with Gasteiger partial charge >= 0.3 is 6.09 Å². The molecule has 0 saturated carbocycles. The summed E-state index contributed by atoms with van der Waals surface area (Å²) >= 11 is 8.99. The van der Waals surface area contributed by atoms with Gasteiger partial charge in [-0.1, -0.05) is 23.4 Å². The first-order chi connectivity index (χ1) is 14.5. The second kappa shape index (κ2) is 9.33.